The Kier molecular flexibility index (Phi) is 3.44. The Bertz CT molecular complexity index is 356. The molecule has 1 aliphatic rings. The van der Waals surface area contributed by atoms with Crippen molar-refractivity contribution < 1.29 is 9.53 Å². The van der Waals surface area contributed by atoms with Gasteiger partial charge in [0.05, 0.1) is 12.4 Å². The third kappa shape index (κ3) is 2.53. The number of ether oxygens (including phenoxy) is 1. The molecule has 2 heterocycles. The van der Waals surface area contributed by atoms with Crippen LogP contribution >= 0.6 is 0 Å². The molecule has 1 amide bonds. The second-order valence-corrected chi connectivity index (χ2v) is 3.91. The van der Waals surface area contributed by atoms with Crippen molar-refractivity contribution >= 4 is 5.91 Å². The van der Waals surface area contributed by atoms with E-state index in [9.17, 15) is 4.79 Å². The van der Waals surface area contributed by atoms with Gasteiger partial charge in [-0.1, -0.05) is 0 Å². The van der Waals surface area contributed by atoms with E-state index in [1.54, 1.807) is 17.1 Å². The Morgan fingerprint density at radius 2 is 2.25 bits per heavy atom. The van der Waals surface area contributed by atoms with Crippen LogP contribution in [0.1, 0.15) is 19.8 Å². The summed E-state index contributed by atoms with van der Waals surface area (Å²) in [5, 5.41) is 4.08. The van der Waals surface area contributed by atoms with Gasteiger partial charge in [-0.15, -0.1) is 0 Å². The van der Waals surface area contributed by atoms with Gasteiger partial charge in [0.2, 0.25) is 0 Å². The fourth-order valence-electron chi connectivity index (χ4n) is 1.79. The molecule has 5 heteroatoms. The maximum atomic E-state index is 11.7. The topological polar surface area (TPSA) is 47.4 Å². The average molecular weight is 223 g/mol. The number of hydrogen-bond donors (Lipinski definition) is 0. The quantitative estimate of drug-likeness (QED) is 0.762. The number of carbonyl (C=O) groups is 1. The summed E-state index contributed by atoms with van der Waals surface area (Å²) in [4.78, 5) is 13.5. The molecule has 0 saturated carbocycles. The van der Waals surface area contributed by atoms with Gasteiger partial charge >= 0.3 is 0 Å². The summed E-state index contributed by atoms with van der Waals surface area (Å²) < 4.78 is 7.16. The molecule has 0 unspecified atom stereocenters. The van der Waals surface area contributed by atoms with Crippen molar-refractivity contribution in [2.75, 3.05) is 19.7 Å². The largest absolute Gasteiger partial charge is 0.480 e. The van der Waals surface area contributed by atoms with E-state index in [-0.39, 0.29) is 12.5 Å². The van der Waals surface area contributed by atoms with E-state index in [4.69, 9.17) is 4.74 Å². The van der Waals surface area contributed by atoms with Gasteiger partial charge in [0.15, 0.2) is 12.4 Å². The number of nitrogens with zero attached hydrogens (tertiary/aromatic N) is 3. The van der Waals surface area contributed by atoms with Gasteiger partial charge in [0, 0.05) is 19.6 Å². The SMILES string of the molecule is CCn1cc(OCC(=O)N2CCCC2)cn1. The third-order valence-corrected chi connectivity index (χ3v) is 2.75. The predicted octanol–water partition coefficient (Wildman–Crippen LogP) is 0.904. The fraction of sp³-hybridized carbons (Fsp3) is 0.636. The number of likely N-dealkylation sites (tertiary alicyclic amines) is 1. The first-order chi connectivity index (χ1) is 7.79. The maximum absolute atomic E-state index is 11.7. The Hall–Kier alpha value is -1.52. The van der Waals surface area contributed by atoms with Crippen LogP contribution in [0, 0.1) is 0 Å². The molecule has 0 spiro atoms. The number of carbonyl (C=O) groups excluding carboxylic acids is 1. The lowest BCUT2D eigenvalue weighted by Gasteiger charge is -2.14. The van der Waals surface area contributed by atoms with Gasteiger partial charge in [-0.05, 0) is 19.8 Å². The molecular formula is C11H17N3O2. The van der Waals surface area contributed by atoms with Gasteiger partial charge in [0.25, 0.3) is 5.91 Å². The number of aromatic nitrogens is 2. The summed E-state index contributed by atoms with van der Waals surface area (Å²) in [5.74, 6) is 0.733. The fourth-order valence-corrected chi connectivity index (χ4v) is 1.79. The van der Waals surface area contributed by atoms with Crippen LogP contribution in [0.15, 0.2) is 12.4 Å². The highest BCUT2D eigenvalue weighted by Crippen LogP contribution is 2.10. The monoisotopic (exact) mass is 223 g/mol. The molecule has 5 nitrogen and oxygen atoms in total. The summed E-state index contributed by atoms with van der Waals surface area (Å²) in [6.07, 6.45) is 5.66. The number of amides is 1. The summed E-state index contributed by atoms with van der Waals surface area (Å²) in [7, 11) is 0. The van der Waals surface area contributed by atoms with Crippen LogP contribution in [0.4, 0.5) is 0 Å². The molecule has 0 bridgehead atoms. The molecule has 0 aliphatic carbocycles. The van der Waals surface area contributed by atoms with Crippen LogP contribution in [0.3, 0.4) is 0 Å². The Balaban J connectivity index is 1.80. The lowest BCUT2D eigenvalue weighted by atomic mass is 10.4. The zero-order valence-electron chi connectivity index (χ0n) is 9.56. The zero-order valence-corrected chi connectivity index (χ0v) is 9.56. The highest BCUT2D eigenvalue weighted by molar-refractivity contribution is 5.77. The first-order valence-corrected chi connectivity index (χ1v) is 5.72. The Morgan fingerprint density at radius 1 is 1.50 bits per heavy atom. The van der Waals surface area contributed by atoms with Gasteiger partial charge in [-0.2, -0.15) is 5.10 Å². The minimum absolute atomic E-state index is 0.0711. The first-order valence-electron chi connectivity index (χ1n) is 5.72. The number of hydrogen-bond acceptors (Lipinski definition) is 3. The van der Waals surface area contributed by atoms with Gasteiger partial charge in [-0.3, -0.25) is 9.48 Å². The van der Waals surface area contributed by atoms with Gasteiger partial charge in [0.1, 0.15) is 0 Å². The first kappa shape index (κ1) is 11.0. The van der Waals surface area contributed by atoms with Crippen LogP contribution in [-0.2, 0) is 11.3 Å². The highest BCUT2D eigenvalue weighted by atomic mass is 16.5. The second-order valence-electron chi connectivity index (χ2n) is 3.91. The standard InChI is InChI=1S/C11H17N3O2/c1-2-14-8-10(7-12-14)16-9-11(15)13-5-3-4-6-13/h7-8H,2-6,9H2,1H3. The molecule has 0 N–H and O–H groups in total. The van der Waals surface area contributed by atoms with Crippen LogP contribution in [0.25, 0.3) is 0 Å². The summed E-state index contributed by atoms with van der Waals surface area (Å²) in [6, 6.07) is 0. The van der Waals surface area contributed by atoms with Crippen molar-refractivity contribution in [3.63, 3.8) is 0 Å². The molecule has 1 aromatic rings. The summed E-state index contributed by atoms with van der Waals surface area (Å²) in [5.41, 5.74) is 0. The highest BCUT2D eigenvalue weighted by Gasteiger charge is 2.18. The van der Waals surface area contributed by atoms with Crippen LogP contribution in [0.2, 0.25) is 0 Å². The predicted molar refractivity (Wildman–Crippen MR) is 59.2 cm³/mol. The summed E-state index contributed by atoms with van der Waals surface area (Å²) >= 11 is 0. The van der Waals surface area contributed by atoms with Crippen LogP contribution < -0.4 is 4.74 Å². The average Bonchev–Trinajstić information content (AvgIpc) is 2.96. The lowest BCUT2D eigenvalue weighted by molar-refractivity contribution is -0.132. The Morgan fingerprint density at radius 3 is 2.88 bits per heavy atom. The lowest BCUT2D eigenvalue weighted by Crippen LogP contribution is -2.32. The normalized spacial score (nSPS) is 15.4. The smallest absolute Gasteiger partial charge is 0.260 e. The van der Waals surface area contributed by atoms with Crippen LogP contribution in [0.5, 0.6) is 5.75 Å². The van der Waals surface area contributed by atoms with E-state index in [0.717, 1.165) is 32.5 Å². The van der Waals surface area contributed by atoms with E-state index >= 15 is 0 Å². The van der Waals surface area contributed by atoms with Crippen molar-refractivity contribution in [3.8, 4) is 5.75 Å². The minimum Gasteiger partial charge on any atom is -0.480 e. The van der Waals surface area contributed by atoms with Crippen molar-refractivity contribution in [2.45, 2.75) is 26.3 Å². The molecule has 0 atom stereocenters. The van der Waals surface area contributed by atoms with E-state index < -0.39 is 0 Å². The van der Waals surface area contributed by atoms with E-state index in [0.29, 0.717) is 5.75 Å². The molecule has 88 valence electrons. The molecule has 0 radical (unpaired) electrons. The van der Waals surface area contributed by atoms with Gasteiger partial charge in [-0.25, -0.2) is 0 Å². The van der Waals surface area contributed by atoms with Crippen molar-refractivity contribution in [1.82, 2.24) is 14.7 Å². The number of rotatable bonds is 4. The zero-order chi connectivity index (χ0) is 11.4. The van der Waals surface area contributed by atoms with E-state index in [2.05, 4.69) is 5.10 Å². The summed E-state index contributed by atoms with van der Waals surface area (Å²) in [6.45, 7) is 4.68. The number of aryl methyl sites for hydroxylation is 1. The molecular weight excluding hydrogens is 206 g/mol. The maximum Gasteiger partial charge on any atom is 0.260 e. The molecule has 1 fully saturated rings. The molecule has 1 saturated heterocycles. The third-order valence-electron chi connectivity index (χ3n) is 2.75. The molecule has 1 aliphatic heterocycles. The Labute approximate surface area is 95.0 Å². The van der Waals surface area contributed by atoms with Crippen molar-refractivity contribution in [3.05, 3.63) is 12.4 Å². The molecule has 2 rings (SSSR count). The second kappa shape index (κ2) is 5.01. The molecule has 0 aromatic carbocycles. The van der Waals surface area contributed by atoms with Crippen molar-refractivity contribution in [2.24, 2.45) is 0 Å². The van der Waals surface area contributed by atoms with Crippen LogP contribution in [-0.4, -0.2) is 40.3 Å². The minimum atomic E-state index is 0.0711. The van der Waals surface area contributed by atoms with E-state index in [1.165, 1.54) is 0 Å². The van der Waals surface area contributed by atoms with E-state index in [1.807, 2.05) is 11.8 Å². The van der Waals surface area contributed by atoms with Crippen molar-refractivity contribution in [1.29, 1.82) is 0 Å². The molecule has 16 heavy (non-hydrogen) atoms. The molecule has 1 aromatic heterocycles. The van der Waals surface area contributed by atoms with Gasteiger partial charge < -0.3 is 9.64 Å².